The van der Waals surface area contributed by atoms with Crippen LogP contribution in [0, 0.1) is 5.92 Å². The zero-order valence-corrected chi connectivity index (χ0v) is 14.4. The van der Waals surface area contributed by atoms with Gasteiger partial charge in [0.05, 0.1) is 0 Å². The molecular weight excluding hydrogens is 258 g/mol. The van der Waals surface area contributed by atoms with E-state index in [1.807, 2.05) is 0 Å². The lowest BCUT2D eigenvalue weighted by Gasteiger charge is -2.23. The van der Waals surface area contributed by atoms with E-state index in [0.29, 0.717) is 0 Å². The first-order chi connectivity index (χ1) is 9.88. The maximum Gasteiger partial charge on any atom is 0.119 e. The SMILES string of the molecule is CC[C@@H]1CCN(CC(C)Oc2ccc(C(C)(C)C)cc2)C1. The molecule has 1 aliphatic heterocycles. The molecule has 2 heteroatoms. The van der Waals surface area contributed by atoms with Crippen molar-refractivity contribution in [2.75, 3.05) is 19.6 Å². The van der Waals surface area contributed by atoms with Gasteiger partial charge in [-0.2, -0.15) is 0 Å². The van der Waals surface area contributed by atoms with Crippen molar-refractivity contribution in [2.24, 2.45) is 5.92 Å². The lowest BCUT2D eigenvalue weighted by Crippen LogP contribution is -2.32. The van der Waals surface area contributed by atoms with Gasteiger partial charge in [0, 0.05) is 13.1 Å². The van der Waals surface area contributed by atoms with Crippen LogP contribution in [0.25, 0.3) is 0 Å². The molecule has 0 radical (unpaired) electrons. The van der Waals surface area contributed by atoms with E-state index in [4.69, 9.17) is 4.74 Å². The predicted octanol–water partition coefficient (Wildman–Crippen LogP) is 4.48. The van der Waals surface area contributed by atoms with E-state index in [1.165, 1.54) is 31.5 Å². The van der Waals surface area contributed by atoms with Gasteiger partial charge in [-0.3, -0.25) is 4.90 Å². The van der Waals surface area contributed by atoms with E-state index < -0.39 is 0 Å². The monoisotopic (exact) mass is 289 g/mol. The largest absolute Gasteiger partial charge is 0.489 e. The fourth-order valence-corrected chi connectivity index (χ4v) is 3.08. The van der Waals surface area contributed by atoms with E-state index in [1.54, 1.807) is 0 Å². The van der Waals surface area contributed by atoms with E-state index in [2.05, 4.69) is 63.8 Å². The number of rotatable bonds is 5. The van der Waals surface area contributed by atoms with Crippen LogP contribution in [0.3, 0.4) is 0 Å². The van der Waals surface area contributed by atoms with Crippen LogP contribution < -0.4 is 4.74 Å². The van der Waals surface area contributed by atoms with E-state index in [0.717, 1.165) is 18.2 Å². The lowest BCUT2D eigenvalue weighted by molar-refractivity contribution is 0.159. The molecule has 1 heterocycles. The molecule has 21 heavy (non-hydrogen) atoms. The third-order valence-electron chi connectivity index (χ3n) is 4.52. The van der Waals surface area contributed by atoms with E-state index in [9.17, 15) is 0 Å². The molecule has 1 saturated heterocycles. The van der Waals surface area contributed by atoms with E-state index in [-0.39, 0.29) is 11.5 Å². The van der Waals surface area contributed by atoms with Crippen molar-refractivity contribution in [2.45, 2.75) is 59.0 Å². The number of likely N-dealkylation sites (tertiary alicyclic amines) is 1. The summed E-state index contributed by atoms with van der Waals surface area (Å²) in [5, 5.41) is 0. The Morgan fingerprint density at radius 1 is 1.24 bits per heavy atom. The molecule has 2 atom stereocenters. The summed E-state index contributed by atoms with van der Waals surface area (Å²) >= 11 is 0. The van der Waals surface area contributed by atoms with Crippen molar-refractivity contribution in [3.8, 4) is 5.75 Å². The highest BCUT2D eigenvalue weighted by molar-refractivity contribution is 5.31. The van der Waals surface area contributed by atoms with Gasteiger partial charge in [-0.25, -0.2) is 0 Å². The third kappa shape index (κ3) is 4.74. The second kappa shape index (κ2) is 6.83. The summed E-state index contributed by atoms with van der Waals surface area (Å²) in [6.07, 6.45) is 2.91. The number of nitrogens with zero attached hydrogens (tertiary/aromatic N) is 1. The van der Waals surface area contributed by atoms with Crippen LogP contribution in [0.4, 0.5) is 0 Å². The Hall–Kier alpha value is -1.02. The minimum atomic E-state index is 0.203. The van der Waals surface area contributed by atoms with Crippen LogP contribution in [0.1, 0.15) is 53.0 Å². The number of benzene rings is 1. The standard InChI is InChI=1S/C19H31NO/c1-6-16-11-12-20(14-16)13-15(2)21-18-9-7-17(8-10-18)19(3,4)5/h7-10,15-16H,6,11-14H2,1-5H3/t15?,16-/m1/s1. The molecule has 2 nitrogen and oxygen atoms in total. The fourth-order valence-electron chi connectivity index (χ4n) is 3.08. The average molecular weight is 289 g/mol. The van der Waals surface area contributed by atoms with Gasteiger partial charge < -0.3 is 4.74 Å². The zero-order valence-electron chi connectivity index (χ0n) is 14.4. The highest BCUT2D eigenvalue weighted by Crippen LogP contribution is 2.25. The molecule has 118 valence electrons. The summed E-state index contributed by atoms with van der Waals surface area (Å²) in [5.74, 6) is 1.88. The van der Waals surface area contributed by atoms with Crippen LogP contribution in [-0.2, 0) is 5.41 Å². The van der Waals surface area contributed by atoms with Crippen LogP contribution in [-0.4, -0.2) is 30.6 Å². The lowest BCUT2D eigenvalue weighted by atomic mass is 9.87. The molecule has 1 aromatic carbocycles. The maximum atomic E-state index is 6.07. The zero-order chi connectivity index (χ0) is 15.5. The molecule has 1 fully saturated rings. The summed E-state index contributed by atoms with van der Waals surface area (Å²) in [5.41, 5.74) is 1.56. The number of hydrogen-bond acceptors (Lipinski definition) is 2. The summed E-state index contributed by atoms with van der Waals surface area (Å²) in [6, 6.07) is 8.59. The van der Waals surface area contributed by atoms with Crippen molar-refractivity contribution < 1.29 is 4.74 Å². The normalized spacial score (nSPS) is 21.5. The van der Waals surface area contributed by atoms with Gasteiger partial charge in [-0.05, 0) is 48.9 Å². The first kappa shape index (κ1) is 16.4. The van der Waals surface area contributed by atoms with Crippen molar-refractivity contribution in [3.63, 3.8) is 0 Å². The van der Waals surface area contributed by atoms with Crippen molar-refractivity contribution >= 4 is 0 Å². The van der Waals surface area contributed by atoms with Gasteiger partial charge in [-0.1, -0.05) is 46.2 Å². The maximum absolute atomic E-state index is 6.07. The highest BCUT2D eigenvalue weighted by atomic mass is 16.5. The minimum Gasteiger partial charge on any atom is -0.489 e. The molecule has 1 aliphatic rings. The molecule has 1 unspecified atom stereocenters. The summed E-state index contributed by atoms with van der Waals surface area (Å²) < 4.78 is 6.07. The van der Waals surface area contributed by atoms with Gasteiger partial charge in [0.2, 0.25) is 0 Å². The van der Waals surface area contributed by atoms with Crippen LogP contribution in [0.5, 0.6) is 5.75 Å². The van der Waals surface area contributed by atoms with Crippen LogP contribution in [0.2, 0.25) is 0 Å². The Kier molecular flexibility index (Phi) is 5.32. The van der Waals surface area contributed by atoms with Crippen molar-refractivity contribution in [1.82, 2.24) is 4.90 Å². The third-order valence-corrected chi connectivity index (χ3v) is 4.52. The smallest absolute Gasteiger partial charge is 0.119 e. The molecule has 0 saturated carbocycles. The average Bonchev–Trinajstić information content (AvgIpc) is 2.85. The summed E-state index contributed by atoms with van der Waals surface area (Å²) in [7, 11) is 0. The topological polar surface area (TPSA) is 12.5 Å². The Morgan fingerprint density at radius 3 is 2.43 bits per heavy atom. The van der Waals surface area contributed by atoms with Gasteiger partial charge in [0.25, 0.3) is 0 Å². The van der Waals surface area contributed by atoms with Crippen LogP contribution in [0.15, 0.2) is 24.3 Å². The Labute approximate surface area is 130 Å². The molecule has 2 rings (SSSR count). The number of hydrogen-bond donors (Lipinski definition) is 0. The molecule has 0 N–H and O–H groups in total. The van der Waals surface area contributed by atoms with Crippen molar-refractivity contribution in [3.05, 3.63) is 29.8 Å². The highest BCUT2D eigenvalue weighted by Gasteiger charge is 2.22. The molecule has 0 spiro atoms. The molecule has 1 aromatic rings. The van der Waals surface area contributed by atoms with Gasteiger partial charge in [-0.15, -0.1) is 0 Å². The molecule has 0 bridgehead atoms. The minimum absolute atomic E-state index is 0.203. The Morgan fingerprint density at radius 2 is 1.90 bits per heavy atom. The van der Waals surface area contributed by atoms with Gasteiger partial charge in [0.1, 0.15) is 11.9 Å². The predicted molar refractivity (Wildman–Crippen MR) is 90.1 cm³/mol. The molecular formula is C19H31NO. The quantitative estimate of drug-likeness (QED) is 0.792. The first-order valence-electron chi connectivity index (χ1n) is 8.38. The summed E-state index contributed by atoms with van der Waals surface area (Å²) in [6.45, 7) is 14.7. The Bertz CT molecular complexity index is 432. The van der Waals surface area contributed by atoms with Gasteiger partial charge >= 0.3 is 0 Å². The first-order valence-corrected chi connectivity index (χ1v) is 8.38. The summed E-state index contributed by atoms with van der Waals surface area (Å²) in [4.78, 5) is 2.54. The molecule has 0 aromatic heterocycles. The van der Waals surface area contributed by atoms with Crippen LogP contribution >= 0.6 is 0 Å². The van der Waals surface area contributed by atoms with Crippen molar-refractivity contribution in [1.29, 1.82) is 0 Å². The second-order valence-corrected chi connectivity index (χ2v) is 7.53. The van der Waals surface area contributed by atoms with E-state index >= 15 is 0 Å². The Balaban J connectivity index is 1.84. The number of ether oxygens (including phenoxy) is 1. The van der Waals surface area contributed by atoms with Gasteiger partial charge in [0.15, 0.2) is 0 Å². The fraction of sp³-hybridized carbons (Fsp3) is 0.684. The second-order valence-electron chi connectivity index (χ2n) is 7.53. The molecule has 0 aliphatic carbocycles. The molecule has 0 amide bonds.